The van der Waals surface area contributed by atoms with Gasteiger partial charge in [0.25, 0.3) is 0 Å². The van der Waals surface area contributed by atoms with Gasteiger partial charge < -0.3 is 109 Å². The molecule has 76 heavy (non-hydrogen) atoms. The Morgan fingerprint density at radius 3 is 1.76 bits per heavy atom. The minimum atomic E-state index is -1.89. The molecule has 5 aliphatic carbocycles. The number of allylic oxidation sites excluding steroid dienone is 2. The summed E-state index contributed by atoms with van der Waals surface area (Å²) in [4.78, 5) is 29.0. The summed E-state index contributed by atoms with van der Waals surface area (Å²) >= 11 is 0. The van der Waals surface area contributed by atoms with Gasteiger partial charge in [-0.1, -0.05) is 46.3 Å². The van der Waals surface area contributed by atoms with E-state index in [1.807, 2.05) is 6.92 Å². The maximum absolute atomic E-state index is 15.3. The molecular formula is C52H82O24. The first-order chi connectivity index (χ1) is 35.5. The number of carboxylic acid groups (broad SMARTS) is 1. The van der Waals surface area contributed by atoms with E-state index in [2.05, 4.69) is 33.8 Å². The second kappa shape index (κ2) is 20.7. The van der Waals surface area contributed by atoms with Gasteiger partial charge in [0.05, 0.1) is 43.5 Å². The minimum Gasteiger partial charge on any atom is -0.481 e. The highest BCUT2D eigenvalue weighted by Gasteiger charge is 2.74. The molecule has 4 saturated carbocycles. The SMILES string of the molecule is C[C@@H]1O[C@@H](O[C@@H]2[C@@H](OC(=O)[C@]34CCC(C)(C)C[C@H]3C3=CC[C@@H]5[C@@]6(C)C[C@H](O)[C@H](O[C@@H]7O[C@H](CO)[C@@H](O)[C@H](O)[C@H]7O)[C@@](C)(C(=O)O)[C@@H]6CC[C@@]5(C)[C@]3(C)C[C@H]4O)O[C@H](CO)[C@H]2O)[C@H](O)[C@H](O)[C@H]1O[C@@H]1O[C@H](CO)[C@H](O)[C@H]1O. The van der Waals surface area contributed by atoms with Crippen LogP contribution in [0.1, 0.15) is 99.8 Å². The van der Waals surface area contributed by atoms with Gasteiger partial charge in [-0.3, -0.25) is 9.59 Å². The topological polar surface area (TPSA) is 391 Å². The third-order valence-corrected chi connectivity index (χ3v) is 20.8. The van der Waals surface area contributed by atoms with Crippen molar-refractivity contribution in [3.8, 4) is 0 Å². The summed E-state index contributed by atoms with van der Waals surface area (Å²) < 4.78 is 47.0. The van der Waals surface area contributed by atoms with Crippen molar-refractivity contribution < 1.29 is 119 Å². The monoisotopic (exact) mass is 1090 g/mol. The molecule has 4 saturated heterocycles. The summed E-state index contributed by atoms with van der Waals surface area (Å²) in [5.74, 6) is -3.62. The van der Waals surface area contributed by atoms with Gasteiger partial charge in [0.2, 0.25) is 6.29 Å². The van der Waals surface area contributed by atoms with E-state index in [1.54, 1.807) is 0 Å². The molecule has 9 rings (SSSR count). The molecule has 9 aliphatic rings. The summed E-state index contributed by atoms with van der Waals surface area (Å²) in [7, 11) is 0. The summed E-state index contributed by atoms with van der Waals surface area (Å²) in [6, 6.07) is 0. The van der Waals surface area contributed by atoms with Crippen molar-refractivity contribution in [3.05, 3.63) is 11.6 Å². The third kappa shape index (κ3) is 8.86. The smallest absolute Gasteiger partial charge is 0.317 e. The van der Waals surface area contributed by atoms with Gasteiger partial charge in [0.15, 0.2) is 25.0 Å². The molecule has 0 spiro atoms. The molecule has 4 aliphatic heterocycles. The number of rotatable bonds is 12. The highest BCUT2D eigenvalue weighted by atomic mass is 16.8. The Hall–Kier alpha value is -2.12. The van der Waals surface area contributed by atoms with Crippen LogP contribution in [-0.2, 0) is 47.5 Å². The lowest BCUT2D eigenvalue weighted by Crippen LogP contribution is -2.71. The minimum absolute atomic E-state index is 0.0637. The van der Waals surface area contributed by atoms with E-state index in [4.69, 9.17) is 37.9 Å². The normalized spacial score (nSPS) is 54.9. The van der Waals surface area contributed by atoms with E-state index >= 15 is 4.79 Å². The molecule has 0 aromatic carbocycles. The fourth-order valence-electron chi connectivity index (χ4n) is 16.2. The van der Waals surface area contributed by atoms with Gasteiger partial charge in [-0.25, -0.2) is 0 Å². The number of esters is 1. The van der Waals surface area contributed by atoms with Crippen LogP contribution in [0.15, 0.2) is 11.6 Å². The Balaban J connectivity index is 0.972. The summed E-state index contributed by atoms with van der Waals surface area (Å²) in [5, 5.41) is 152. The van der Waals surface area contributed by atoms with Crippen LogP contribution in [0.5, 0.6) is 0 Å². The number of hydrogen-bond acceptors (Lipinski definition) is 23. The average molecular weight is 1090 g/mol. The van der Waals surface area contributed by atoms with E-state index in [0.29, 0.717) is 32.1 Å². The second-order valence-corrected chi connectivity index (χ2v) is 25.3. The predicted molar refractivity (Wildman–Crippen MR) is 254 cm³/mol. The zero-order valence-electron chi connectivity index (χ0n) is 44.1. The van der Waals surface area contributed by atoms with Gasteiger partial charge >= 0.3 is 11.9 Å². The van der Waals surface area contributed by atoms with Crippen LogP contribution in [0.3, 0.4) is 0 Å². The molecular weight excluding hydrogens is 1010 g/mol. The molecule has 29 atom stereocenters. The zero-order chi connectivity index (χ0) is 55.7. The van der Waals surface area contributed by atoms with E-state index in [9.17, 15) is 76.3 Å². The lowest BCUT2D eigenvalue weighted by atomic mass is 9.33. The number of fused-ring (bicyclic) bond motifs is 7. The Morgan fingerprint density at radius 1 is 0.605 bits per heavy atom. The molecule has 0 aromatic rings. The molecule has 0 unspecified atom stereocenters. The maximum atomic E-state index is 15.3. The Labute approximate surface area is 440 Å². The number of ether oxygens (including phenoxy) is 8. The fourth-order valence-corrected chi connectivity index (χ4v) is 16.2. The van der Waals surface area contributed by atoms with Gasteiger partial charge in [-0.05, 0) is 105 Å². The van der Waals surface area contributed by atoms with Crippen molar-refractivity contribution >= 4 is 11.9 Å². The molecule has 14 N–H and O–H groups in total. The molecule has 24 heteroatoms. The Kier molecular flexibility index (Phi) is 15.9. The highest BCUT2D eigenvalue weighted by Crippen LogP contribution is 2.76. The predicted octanol–water partition coefficient (Wildman–Crippen LogP) is -2.72. The van der Waals surface area contributed by atoms with Crippen molar-refractivity contribution in [1.82, 2.24) is 0 Å². The zero-order valence-corrected chi connectivity index (χ0v) is 44.1. The molecule has 0 bridgehead atoms. The van der Waals surface area contributed by atoms with E-state index in [0.717, 1.165) is 5.57 Å². The number of aliphatic hydroxyl groups is 13. The summed E-state index contributed by atoms with van der Waals surface area (Å²) in [5.41, 5.74) is -5.08. The lowest BCUT2D eigenvalue weighted by molar-refractivity contribution is -0.341. The number of carbonyl (C=O) groups is 2. The first kappa shape index (κ1) is 58.5. The third-order valence-electron chi connectivity index (χ3n) is 20.8. The first-order valence-electron chi connectivity index (χ1n) is 26.9. The van der Waals surface area contributed by atoms with Crippen LogP contribution in [0, 0.1) is 50.2 Å². The van der Waals surface area contributed by atoms with Crippen molar-refractivity contribution in [2.75, 3.05) is 19.8 Å². The molecule has 434 valence electrons. The summed E-state index contributed by atoms with van der Waals surface area (Å²) in [6.45, 7) is 11.2. The number of aliphatic carboxylic acids is 1. The van der Waals surface area contributed by atoms with Crippen LogP contribution in [0.4, 0.5) is 0 Å². The maximum Gasteiger partial charge on any atom is 0.317 e. The van der Waals surface area contributed by atoms with Crippen molar-refractivity contribution in [1.29, 1.82) is 0 Å². The largest absolute Gasteiger partial charge is 0.481 e. The average Bonchev–Trinajstić information content (AvgIpc) is 3.97. The van der Waals surface area contributed by atoms with Crippen LogP contribution >= 0.6 is 0 Å². The van der Waals surface area contributed by atoms with Gasteiger partial charge in [0.1, 0.15) is 84.8 Å². The van der Waals surface area contributed by atoms with Crippen LogP contribution in [0.2, 0.25) is 0 Å². The fraction of sp³-hybridized carbons (Fsp3) is 0.923. The molecule has 0 radical (unpaired) electrons. The van der Waals surface area contributed by atoms with E-state index in [-0.39, 0.29) is 30.6 Å². The van der Waals surface area contributed by atoms with E-state index < -0.39 is 200 Å². The van der Waals surface area contributed by atoms with Crippen molar-refractivity contribution in [2.45, 2.75) is 229 Å². The first-order valence-corrected chi connectivity index (χ1v) is 26.9. The van der Waals surface area contributed by atoms with E-state index in [1.165, 1.54) is 13.8 Å². The Bertz CT molecular complexity index is 2170. The Morgan fingerprint density at radius 2 is 1.14 bits per heavy atom. The lowest BCUT2D eigenvalue weighted by Gasteiger charge is -2.71. The number of aliphatic hydroxyl groups excluding tert-OH is 13. The van der Waals surface area contributed by atoms with Crippen LogP contribution in [0.25, 0.3) is 0 Å². The molecule has 8 fully saturated rings. The number of carboxylic acids is 1. The van der Waals surface area contributed by atoms with Gasteiger partial charge in [-0.2, -0.15) is 0 Å². The van der Waals surface area contributed by atoms with Crippen molar-refractivity contribution in [2.24, 2.45) is 50.2 Å². The van der Waals surface area contributed by atoms with Gasteiger partial charge in [-0.15, -0.1) is 0 Å². The molecule has 0 amide bonds. The standard InChI is InChI=1S/C52H82O24/c1-20-38(73-42-35(63)31(59)25(18-54)70-42)34(62)37(65)41(69-20)74-39-32(60)26(19-55)72-44(39)76-46(68)52-13-12-47(2,3)14-22(52)21-8-9-27-48(4)15-23(56)40(75-43-36(64)33(61)30(58)24(17-53)71-43)51(7,45(66)67)28(48)10-11-49(27,5)50(21,6)16-29(52)57/h8,20,22-44,53-65H,9-19H2,1-7H3,(H,66,67)/t20-,22-,23-,24+,25+,26+,27+,28+,29+,30+,31-,32+,33-,34-,35+,36+,37+,38-,39-,40-,41-,42-,43-,44+,48+,49+,50+,51-,52+/m0/s1. The van der Waals surface area contributed by atoms with Crippen molar-refractivity contribution in [3.63, 3.8) is 0 Å². The van der Waals surface area contributed by atoms with Crippen LogP contribution < -0.4 is 0 Å². The number of hydrogen-bond donors (Lipinski definition) is 14. The second-order valence-electron chi connectivity index (χ2n) is 25.3. The molecule has 4 heterocycles. The quantitative estimate of drug-likeness (QED) is 0.0536. The number of carbonyl (C=O) groups excluding carboxylic acids is 1. The molecule has 0 aromatic heterocycles. The molecule has 24 nitrogen and oxygen atoms in total. The van der Waals surface area contributed by atoms with Gasteiger partial charge in [0, 0.05) is 0 Å². The summed E-state index contributed by atoms with van der Waals surface area (Å²) in [6.07, 6.45) is -27.9. The van der Waals surface area contributed by atoms with Crippen LogP contribution in [-0.4, -0.2) is 232 Å². The highest BCUT2D eigenvalue weighted by molar-refractivity contribution is 5.80.